The van der Waals surface area contributed by atoms with Crippen LogP contribution in [0.1, 0.15) is 5.56 Å². The maximum absolute atomic E-state index is 12.0. The number of halogens is 2. The second-order valence-corrected chi connectivity index (χ2v) is 7.70. The molecule has 0 fully saturated rings. The minimum atomic E-state index is -3.70. The normalized spacial score (nSPS) is 11.7. The lowest BCUT2D eigenvalue weighted by atomic mass is 10.2. The molecule has 19 heavy (non-hydrogen) atoms. The van der Waals surface area contributed by atoms with Gasteiger partial charge in [-0.2, -0.15) is 0 Å². The molecule has 0 amide bonds. The fourth-order valence-electron chi connectivity index (χ4n) is 1.38. The average Bonchev–Trinajstić information content (AvgIpc) is 2.69. The maximum Gasteiger partial charge on any atom is 0.243 e. The molecular formula is C11H9Cl2NO3S2. The molecule has 0 saturated carbocycles. The number of aromatic hydroxyl groups is 1. The second kappa shape index (κ2) is 5.68. The molecular weight excluding hydrogens is 329 g/mol. The zero-order valence-corrected chi connectivity index (χ0v) is 12.6. The number of thiophene rings is 1. The van der Waals surface area contributed by atoms with E-state index in [9.17, 15) is 8.42 Å². The van der Waals surface area contributed by atoms with Gasteiger partial charge in [0.05, 0.1) is 4.34 Å². The van der Waals surface area contributed by atoms with E-state index in [1.807, 2.05) is 0 Å². The van der Waals surface area contributed by atoms with Crippen molar-refractivity contribution in [1.29, 1.82) is 0 Å². The number of phenols is 1. The molecule has 1 aromatic heterocycles. The van der Waals surface area contributed by atoms with Gasteiger partial charge in [-0.1, -0.05) is 35.3 Å². The van der Waals surface area contributed by atoms with Crippen molar-refractivity contribution in [2.75, 3.05) is 0 Å². The van der Waals surface area contributed by atoms with Gasteiger partial charge in [0.15, 0.2) is 0 Å². The van der Waals surface area contributed by atoms with Crippen molar-refractivity contribution in [2.24, 2.45) is 0 Å². The highest BCUT2D eigenvalue weighted by Gasteiger charge is 2.20. The van der Waals surface area contributed by atoms with Gasteiger partial charge in [-0.15, -0.1) is 11.3 Å². The summed E-state index contributed by atoms with van der Waals surface area (Å²) in [5.74, 6) is 0.124. The van der Waals surface area contributed by atoms with E-state index < -0.39 is 10.0 Å². The SMILES string of the molecule is O=S(=O)(NCc1ccc(O)cc1)c1cc(Cl)sc1Cl. The van der Waals surface area contributed by atoms with Crippen molar-refractivity contribution in [1.82, 2.24) is 4.72 Å². The van der Waals surface area contributed by atoms with Gasteiger partial charge in [0, 0.05) is 6.54 Å². The highest BCUT2D eigenvalue weighted by atomic mass is 35.5. The summed E-state index contributed by atoms with van der Waals surface area (Å²) in [5, 5.41) is 9.13. The summed E-state index contributed by atoms with van der Waals surface area (Å²) in [5.41, 5.74) is 0.721. The number of hydrogen-bond donors (Lipinski definition) is 2. The third-order valence-corrected chi connectivity index (χ3v) is 5.47. The van der Waals surface area contributed by atoms with E-state index in [0.717, 1.165) is 16.9 Å². The van der Waals surface area contributed by atoms with Gasteiger partial charge in [0.1, 0.15) is 15.0 Å². The van der Waals surface area contributed by atoms with Crippen LogP contribution in [0.25, 0.3) is 0 Å². The van der Waals surface area contributed by atoms with Crippen molar-refractivity contribution in [3.63, 3.8) is 0 Å². The van der Waals surface area contributed by atoms with Crippen LogP contribution in [-0.2, 0) is 16.6 Å². The summed E-state index contributed by atoms with van der Waals surface area (Å²) in [6.07, 6.45) is 0. The zero-order chi connectivity index (χ0) is 14.0. The Bertz CT molecular complexity index is 680. The predicted molar refractivity (Wildman–Crippen MR) is 76.5 cm³/mol. The Labute approximate surface area is 124 Å². The molecule has 1 heterocycles. The molecule has 8 heteroatoms. The molecule has 1 aromatic carbocycles. The first-order valence-electron chi connectivity index (χ1n) is 5.11. The third-order valence-electron chi connectivity index (χ3n) is 2.32. The van der Waals surface area contributed by atoms with Gasteiger partial charge in [-0.05, 0) is 23.8 Å². The summed E-state index contributed by atoms with van der Waals surface area (Å²) < 4.78 is 26.9. The number of hydrogen-bond acceptors (Lipinski definition) is 4. The van der Waals surface area contributed by atoms with Gasteiger partial charge in [-0.25, -0.2) is 13.1 Å². The van der Waals surface area contributed by atoms with Gasteiger partial charge in [0.2, 0.25) is 10.0 Å². The topological polar surface area (TPSA) is 66.4 Å². The Balaban J connectivity index is 2.14. The standard InChI is InChI=1S/C11H9Cl2NO3S2/c12-10-5-9(11(13)18-10)19(16,17)14-6-7-1-3-8(15)4-2-7/h1-5,14-15H,6H2. The first-order valence-corrected chi connectivity index (χ1v) is 8.16. The van der Waals surface area contributed by atoms with Crippen molar-refractivity contribution in [2.45, 2.75) is 11.4 Å². The minimum absolute atomic E-state index is 0.0251. The van der Waals surface area contributed by atoms with E-state index >= 15 is 0 Å². The Hall–Kier alpha value is -0.790. The molecule has 0 aliphatic heterocycles. The number of phenolic OH excluding ortho intramolecular Hbond substituents is 1. The lowest BCUT2D eigenvalue weighted by Crippen LogP contribution is -2.22. The molecule has 0 aliphatic rings. The minimum Gasteiger partial charge on any atom is -0.508 e. The van der Waals surface area contributed by atoms with Crippen LogP contribution in [0.15, 0.2) is 35.2 Å². The fraction of sp³-hybridized carbons (Fsp3) is 0.0909. The third kappa shape index (κ3) is 3.61. The molecule has 0 atom stereocenters. The molecule has 0 unspecified atom stereocenters. The van der Waals surface area contributed by atoms with E-state index in [1.54, 1.807) is 12.1 Å². The lowest BCUT2D eigenvalue weighted by molar-refractivity contribution is 0.475. The van der Waals surface area contributed by atoms with Gasteiger partial charge >= 0.3 is 0 Å². The van der Waals surface area contributed by atoms with Crippen LogP contribution in [0.5, 0.6) is 5.75 Å². The molecule has 2 rings (SSSR count). The fourth-order valence-corrected chi connectivity index (χ4v) is 4.54. The van der Waals surface area contributed by atoms with E-state index in [4.69, 9.17) is 28.3 Å². The molecule has 2 aromatic rings. The lowest BCUT2D eigenvalue weighted by Gasteiger charge is -2.05. The van der Waals surface area contributed by atoms with Crippen LogP contribution in [-0.4, -0.2) is 13.5 Å². The summed E-state index contributed by atoms with van der Waals surface area (Å²) >= 11 is 12.5. The Kier molecular flexibility index (Phi) is 4.37. The Morgan fingerprint density at radius 2 is 1.84 bits per heavy atom. The van der Waals surface area contributed by atoms with Crippen LogP contribution < -0.4 is 4.72 Å². The highest BCUT2D eigenvalue weighted by molar-refractivity contribution is 7.89. The van der Waals surface area contributed by atoms with Crippen molar-refractivity contribution >= 4 is 44.6 Å². The smallest absolute Gasteiger partial charge is 0.243 e. The monoisotopic (exact) mass is 337 g/mol. The molecule has 4 nitrogen and oxygen atoms in total. The first kappa shape index (κ1) is 14.6. The van der Waals surface area contributed by atoms with E-state index in [0.29, 0.717) is 4.34 Å². The van der Waals surface area contributed by atoms with E-state index in [1.165, 1.54) is 18.2 Å². The molecule has 102 valence electrons. The van der Waals surface area contributed by atoms with Crippen molar-refractivity contribution in [3.05, 3.63) is 44.6 Å². The van der Waals surface area contributed by atoms with Gasteiger partial charge in [-0.3, -0.25) is 0 Å². The number of rotatable bonds is 4. The van der Waals surface area contributed by atoms with Crippen molar-refractivity contribution in [3.8, 4) is 5.75 Å². The van der Waals surface area contributed by atoms with E-state index in [-0.39, 0.29) is 21.5 Å². The van der Waals surface area contributed by atoms with Crippen LogP contribution in [0.3, 0.4) is 0 Å². The van der Waals surface area contributed by atoms with Gasteiger partial charge < -0.3 is 5.11 Å². The Morgan fingerprint density at radius 1 is 1.21 bits per heavy atom. The summed E-state index contributed by atoms with van der Waals surface area (Å²) in [7, 11) is -3.70. The van der Waals surface area contributed by atoms with Crippen molar-refractivity contribution < 1.29 is 13.5 Å². The number of sulfonamides is 1. The largest absolute Gasteiger partial charge is 0.508 e. The second-order valence-electron chi connectivity index (χ2n) is 3.68. The highest BCUT2D eigenvalue weighted by Crippen LogP contribution is 2.34. The van der Waals surface area contributed by atoms with Crippen LogP contribution in [0.4, 0.5) is 0 Å². The molecule has 0 saturated heterocycles. The van der Waals surface area contributed by atoms with E-state index in [2.05, 4.69) is 4.72 Å². The average molecular weight is 338 g/mol. The Morgan fingerprint density at radius 3 is 2.37 bits per heavy atom. The van der Waals surface area contributed by atoms with Crippen LogP contribution in [0.2, 0.25) is 8.67 Å². The number of benzene rings is 1. The summed E-state index contributed by atoms with van der Waals surface area (Å²) in [6, 6.07) is 7.53. The van der Waals surface area contributed by atoms with Crippen LogP contribution >= 0.6 is 34.5 Å². The molecule has 0 aliphatic carbocycles. The number of nitrogens with one attached hydrogen (secondary N) is 1. The van der Waals surface area contributed by atoms with Crippen LogP contribution in [0, 0.1) is 0 Å². The predicted octanol–water partition coefficient (Wildman–Crippen LogP) is 3.24. The molecule has 0 bridgehead atoms. The molecule has 0 spiro atoms. The maximum atomic E-state index is 12.0. The quantitative estimate of drug-likeness (QED) is 0.899. The molecule has 0 radical (unpaired) electrons. The zero-order valence-electron chi connectivity index (χ0n) is 9.43. The first-order chi connectivity index (χ1) is 8.88. The molecule has 2 N–H and O–H groups in total. The summed E-state index contributed by atoms with van der Waals surface area (Å²) in [4.78, 5) is -0.0251. The van der Waals surface area contributed by atoms with Gasteiger partial charge in [0.25, 0.3) is 0 Å². The summed E-state index contributed by atoms with van der Waals surface area (Å²) in [6.45, 7) is 0.104.